The molecule has 2 rings (SSSR count). The number of halogens is 1. The zero-order valence-corrected chi connectivity index (χ0v) is 17.2. The van der Waals surface area contributed by atoms with Crippen molar-refractivity contribution in [1.29, 1.82) is 0 Å². The Morgan fingerprint density at radius 3 is 2.44 bits per heavy atom. The molecular weight excluding hydrogens is 378 g/mol. The predicted octanol–water partition coefficient (Wildman–Crippen LogP) is 5.19. The molecule has 2 aromatic carbocycles. The van der Waals surface area contributed by atoms with Gasteiger partial charge in [-0.3, -0.25) is 4.79 Å². The first-order chi connectivity index (χ1) is 11.8. The second kappa shape index (κ2) is 8.52. The third-order valence-electron chi connectivity index (χ3n) is 4.49. The third-order valence-corrected chi connectivity index (χ3v) is 5.11. The van der Waals surface area contributed by atoms with E-state index >= 15 is 0 Å². The molecule has 1 N–H and O–H groups in total. The smallest absolute Gasteiger partial charge is 0.258 e. The Morgan fingerprint density at radius 1 is 1.12 bits per heavy atom. The van der Waals surface area contributed by atoms with Crippen LogP contribution in [0.2, 0.25) is 0 Å². The Morgan fingerprint density at radius 2 is 1.80 bits per heavy atom. The summed E-state index contributed by atoms with van der Waals surface area (Å²) in [6.07, 6.45) is 0.964. The Hall–Kier alpha value is -1.81. The summed E-state index contributed by atoms with van der Waals surface area (Å²) < 4.78 is 6.52. The number of hydrogen-bond donors (Lipinski definition) is 1. The van der Waals surface area contributed by atoms with E-state index in [1.54, 1.807) is 0 Å². The van der Waals surface area contributed by atoms with Crippen molar-refractivity contribution < 1.29 is 9.53 Å². The van der Waals surface area contributed by atoms with Crippen molar-refractivity contribution in [2.24, 2.45) is 0 Å². The number of ether oxygens (including phenoxy) is 1. The van der Waals surface area contributed by atoms with Crippen molar-refractivity contribution in [2.75, 3.05) is 6.61 Å². The summed E-state index contributed by atoms with van der Waals surface area (Å²) in [5, 5.41) is 3.02. The fourth-order valence-corrected chi connectivity index (χ4v) is 3.38. The van der Waals surface area contributed by atoms with E-state index in [1.807, 2.05) is 25.1 Å². The van der Waals surface area contributed by atoms with Crippen molar-refractivity contribution in [3.8, 4) is 5.75 Å². The Kier molecular flexibility index (Phi) is 6.65. The molecule has 0 aliphatic heterocycles. The lowest BCUT2D eigenvalue weighted by molar-refractivity contribution is -0.123. The Labute approximate surface area is 158 Å². The molecule has 3 nitrogen and oxygen atoms in total. The maximum absolute atomic E-state index is 12.2. The number of hydrogen-bond acceptors (Lipinski definition) is 2. The third kappa shape index (κ3) is 5.08. The van der Waals surface area contributed by atoms with Crippen LogP contribution in [0, 0.1) is 20.8 Å². The fourth-order valence-electron chi connectivity index (χ4n) is 2.83. The first-order valence-electron chi connectivity index (χ1n) is 8.60. The average molecular weight is 404 g/mol. The molecule has 25 heavy (non-hydrogen) atoms. The molecule has 0 saturated heterocycles. The van der Waals surface area contributed by atoms with Crippen LogP contribution in [-0.2, 0) is 11.2 Å². The topological polar surface area (TPSA) is 38.3 Å². The van der Waals surface area contributed by atoms with Gasteiger partial charge in [0.05, 0.1) is 10.5 Å². The van der Waals surface area contributed by atoms with Gasteiger partial charge in [-0.2, -0.15) is 0 Å². The zero-order valence-electron chi connectivity index (χ0n) is 15.6. The number of carbonyl (C=O) groups excluding carboxylic acids is 1. The lowest BCUT2D eigenvalue weighted by atomic mass is 9.96. The Bertz CT molecular complexity index is 771. The summed E-state index contributed by atoms with van der Waals surface area (Å²) in [6.45, 7) is 10.4. The number of amides is 1. The number of rotatable bonds is 6. The predicted molar refractivity (Wildman–Crippen MR) is 106 cm³/mol. The van der Waals surface area contributed by atoms with Crippen LogP contribution >= 0.6 is 15.9 Å². The summed E-state index contributed by atoms with van der Waals surface area (Å²) in [5.41, 5.74) is 6.06. The number of aryl methyl sites for hydroxylation is 4. The molecule has 0 aliphatic carbocycles. The molecule has 0 heterocycles. The molecule has 0 aromatic heterocycles. The van der Waals surface area contributed by atoms with Crippen LogP contribution in [0.15, 0.2) is 34.8 Å². The summed E-state index contributed by atoms with van der Waals surface area (Å²) in [4.78, 5) is 12.2. The molecule has 0 fully saturated rings. The normalized spacial score (nSPS) is 11.9. The highest BCUT2D eigenvalue weighted by Crippen LogP contribution is 2.26. The molecule has 4 heteroatoms. The van der Waals surface area contributed by atoms with Crippen molar-refractivity contribution in [1.82, 2.24) is 5.32 Å². The zero-order chi connectivity index (χ0) is 18.6. The minimum atomic E-state index is -0.128. The van der Waals surface area contributed by atoms with E-state index in [-0.39, 0.29) is 18.6 Å². The van der Waals surface area contributed by atoms with Crippen LogP contribution in [0.25, 0.3) is 0 Å². The minimum Gasteiger partial charge on any atom is -0.483 e. The van der Waals surface area contributed by atoms with Gasteiger partial charge in [0.15, 0.2) is 6.61 Å². The van der Waals surface area contributed by atoms with E-state index in [1.165, 1.54) is 22.3 Å². The van der Waals surface area contributed by atoms with E-state index in [0.29, 0.717) is 5.75 Å². The second-order valence-corrected chi connectivity index (χ2v) is 7.34. The lowest BCUT2D eigenvalue weighted by Gasteiger charge is -2.19. The molecule has 1 amide bonds. The van der Waals surface area contributed by atoms with Gasteiger partial charge < -0.3 is 10.1 Å². The molecule has 2 aromatic rings. The van der Waals surface area contributed by atoms with Crippen molar-refractivity contribution in [3.05, 3.63) is 62.6 Å². The SMILES string of the molecule is CCc1ccc(OCC(=O)N[C@@H](C)c2cc(C)c(C)cc2C)c(Br)c1. The van der Waals surface area contributed by atoms with E-state index in [0.717, 1.165) is 16.5 Å². The molecule has 0 unspecified atom stereocenters. The van der Waals surface area contributed by atoms with Gasteiger partial charge in [0.2, 0.25) is 0 Å². The summed E-state index contributed by atoms with van der Waals surface area (Å²) >= 11 is 3.49. The summed E-state index contributed by atoms with van der Waals surface area (Å²) in [5.74, 6) is 0.555. The van der Waals surface area contributed by atoms with E-state index < -0.39 is 0 Å². The van der Waals surface area contributed by atoms with E-state index in [4.69, 9.17) is 4.74 Å². The van der Waals surface area contributed by atoms with Crippen LogP contribution in [0.3, 0.4) is 0 Å². The average Bonchev–Trinajstić information content (AvgIpc) is 2.56. The maximum Gasteiger partial charge on any atom is 0.258 e. The van der Waals surface area contributed by atoms with Crippen molar-refractivity contribution in [2.45, 2.75) is 47.1 Å². The van der Waals surface area contributed by atoms with Crippen molar-refractivity contribution in [3.63, 3.8) is 0 Å². The highest BCUT2D eigenvalue weighted by atomic mass is 79.9. The second-order valence-electron chi connectivity index (χ2n) is 6.49. The fraction of sp³-hybridized carbons (Fsp3) is 0.381. The highest BCUT2D eigenvalue weighted by Gasteiger charge is 2.14. The number of nitrogens with one attached hydrogen (secondary N) is 1. The van der Waals surface area contributed by atoms with Crippen LogP contribution in [0.1, 0.15) is 47.7 Å². The van der Waals surface area contributed by atoms with Gasteiger partial charge in [0.1, 0.15) is 5.75 Å². The first kappa shape index (κ1) is 19.5. The molecule has 0 saturated carbocycles. The van der Waals surface area contributed by atoms with Crippen LogP contribution in [0.4, 0.5) is 0 Å². The first-order valence-corrected chi connectivity index (χ1v) is 9.39. The summed E-state index contributed by atoms with van der Waals surface area (Å²) in [7, 11) is 0. The van der Waals surface area contributed by atoms with Gasteiger partial charge in [-0.1, -0.05) is 25.1 Å². The van der Waals surface area contributed by atoms with Gasteiger partial charge in [-0.25, -0.2) is 0 Å². The molecule has 0 radical (unpaired) electrons. The highest BCUT2D eigenvalue weighted by molar-refractivity contribution is 9.10. The molecule has 0 bridgehead atoms. The lowest BCUT2D eigenvalue weighted by Crippen LogP contribution is -2.31. The van der Waals surface area contributed by atoms with Gasteiger partial charge in [-0.15, -0.1) is 0 Å². The standard InChI is InChI=1S/C21H26BrNO2/c1-6-17-7-8-20(19(22)11-17)25-12-21(24)23-16(5)18-10-14(3)13(2)9-15(18)4/h7-11,16H,6,12H2,1-5H3,(H,23,24)/t16-/m0/s1. The van der Waals surface area contributed by atoms with Gasteiger partial charge in [-0.05, 0) is 90.0 Å². The van der Waals surface area contributed by atoms with E-state index in [2.05, 4.69) is 61.1 Å². The number of benzene rings is 2. The summed E-state index contributed by atoms with van der Waals surface area (Å²) in [6, 6.07) is 10.2. The molecule has 134 valence electrons. The van der Waals surface area contributed by atoms with Crippen LogP contribution < -0.4 is 10.1 Å². The molecule has 0 spiro atoms. The van der Waals surface area contributed by atoms with Crippen LogP contribution in [-0.4, -0.2) is 12.5 Å². The largest absolute Gasteiger partial charge is 0.483 e. The van der Waals surface area contributed by atoms with Gasteiger partial charge in [0.25, 0.3) is 5.91 Å². The van der Waals surface area contributed by atoms with Crippen LogP contribution in [0.5, 0.6) is 5.75 Å². The van der Waals surface area contributed by atoms with Gasteiger partial charge in [0, 0.05) is 0 Å². The molecule has 1 atom stereocenters. The van der Waals surface area contributed by atoms with Gasteiger partial charge >= 0.3 is 0 Å². The minimum absolute atomic E-state index is 0.00168. The monoisotopic (exact) mass is 403 g/mol. The quantitative estimate of drug-likeness (QED) is 0.719. The maximum atomic E-state index is 12.2. The van der Waals surface area contributed by atoms with Crippen molar-refractivity contribution >= 4 is 21.8 Å². The molecule has 0 aliphatic rings. The Balaban J connectivity index is 1.97. The molecular formula is C21H26BrNO2. The number of carbonyl (C=O) groups is 1. The van der Waals surface area contributed by atoms with E-state index in [9.17, 15) is 4.79 Å².